The van der Waals surface area contributed by atoms with E-state index in [1.54, 1.807) is 19.2 Å². The summed E-state index contributed by atoms with van der Waals surface area (Å²) in [6.07, 6.45) is 0. The van der Waals surface area contributed by atoms with Crippen molar-refractivity contribution in [1.29, 1.82) is 0 Å². The van der Waals surface area contributed by atoms with Gasteiger partial charge in [-0.2, -0.15) is 0 Å². The smallest absolute Gasteiger partial charge is 0.123 e. The van der Waals surface area contributed by atoms with Crippen LogP contribution in [0.1, 0.15) is 18.5 Å². The minimum atomic E-state index is -0.210. The number of methoxy groups -OCH3 is 1. The first-order valence-corrected chi connectivity index (χ1v) is 6.87. The van der Waals surface area contributed by atoms with E-state index in [-0.39, 0.29) is 11.9 Å². The summed E-state index contributed by atoms with van der Waals surface area (Å²) in [7, 11) is 1.65. The number of halogens is 1. The lowest BCUT2D eigenvalue weighted by Gasteiger charge is -2.14. The molecule has 0 saturated carbocycles. The lowest BCUT2D eigenvalue weighted by atomic mass is 10.1. The van der Waals surface area contributed by atoms with Crippen LogP contribution >= 0.6 is 0 Å². The van der Waals surface area contributed by atoms with Crippen molar-refractivity contribution < 1.29 is 18.6 Å². The van der Waals surface area contributed by atoms with E-state index in [1.165, 1.54) is 12.1 Å². The largest absolute Gasteiger partial charge is 0.382 e. The number of hydrogen-bond acceptors (Lipinski definition) is 4. The van der Waals surface area contributed by atoms with Crippen LogP contribution < -0.4 is 5.32 Å². The van der Waals surface area contributed by atoms with Gasteiger partial charge in [-0.25, -0.2) is 4.39 Å². The molecule has 1 atom stereocenters. The van der Waals surface area contributed by atoms with Crippen LogP contribution in [0.2, 0.25) is 0 Å². The second kappa shape index (κ2) is 10.7. The molecule has 0 radical (unpaired) electrons. The summed E-state index contributed by atoms with van der Waals surface area (Å²) in [5.41, 5.74) is 1.06. The Hall–Kier alpha value is -1.01. The zero-order valence-electron chi connectivity index (χ0n) is 12.2. The fourth-order valence-corrected chi connectivity index (χ4v) is 1.68. The minimum Gasteiger partial charge on any atom is -0.382 e. The first kappa shape index (κ1) is 17.0. The van der Waals surface area contributed by atoms with Gasteiger partial charge >= 0.3 is 0 Å². The second-order valence-corrected chi connectivity index (χ2v) is 4.44. The molecule has 0 aromatic heterocycles. The SMILES string of the molecule is COCCOCCOCCN[C@H](C)c1ccc(F)cc1. The predicted molar refractivity (Wildman–Crippen MR) is 76.3 cm³/mol. The van der Waals surface area contributed by atoms with Crippen molar-refractivity contribution >= 4 is 0 Å². The van der Waals surface area contributed by atoms with Crippen molar-refractivity contribution in [3.05, 3.63) is 35.6 Å². The highest BCUT2D eigenvalue weighted by atomic mass is 19.1. The third kappa shape index (κ3) is 7.55. The molecule has 0 aliphatic rings. The van der Waals surface area contributed by atoms with Crippen LogP contribution in [0.25, 0.3) is 0 Å². The van der Waals surface area contributed by atoms with Gasteiger partial charge in [0.25, 0.3) is 0 Å². The average molecular weight is 285 g/mol. The van der Waals surface area contributed by atoms with Crippen molar-refractivity contribution in [2.24, 2.45) is 0 Å². The average Bonchev–Trinajstić information content (AvgIpc) is 2.46. The van der Waals surface area contributed by atoms with Gasteiger partial charge in [-0.05, 0) is 24.6 Å². The molecule has 0 heterocycles. The van der Waals surface area contributed by atoms with E-state index >= 15 is 0 Å². The third-order valence-electron chi connectivity index (χ3n) is 2.87. The van der Waals surface area contributed by atoms with E-state index in [1.807, 2.05) is 6.92 Å². The van der Waals surface area contributed by atoms with Crippen LogP contribution in [-0.4, -0.2) is 46.7 Å². The molecule has 0 spiro atoms. The molecule has 20 heavy (non-hydrogen) atoms. The topological polar surface area (TPSA) is 39.7 Å². The highest BCUT2D eigenvalue weighted by Crippen LogP contribution is 2.12. The van der Waals surface area contributed by atoms with Crippen molar-refractivity contribution in [3.63, 3.8) is 0 Å². The normalized spacial score (nSPS) is 12.6. The summed E-state index contributed by atoms with van der Waals surface area (Å²) in [6.45, 7) is 5.78. The molecule has 1 aromatic rings. The van der Waals surface area contributed by atoms with Crippen LogP contribution in [0.15, 0.2) is 24.3 Å². The Kier molecular flexibility index (Phi) is 9.15. The Morgan fingerprint density at radius 2 is 1.60 bits per heavy atom. The first-order valence-electron chi connectivity index (χ1n) is 6.87. The maximum absolute atomic E-state index is 12.8. The molecule has 0 unspecified atom stereocenters. The van der Waals surface area contributed by atoms with Crippen LogP contribution in [-0.2, 0) is 14.2 Å². The Bertz CT molecular complexity index is 345. The van der Waals surface area contributed by atoms with Gasteiger partial charge < -0.3 is 19.5 Å². The Morgan fingerprint density at radius 1 is 1.00 bits per heavy atom. The van der Waals surface area contributed by atoms with Gasteiger partial charge in [-0.3, -0.25) is 0 Å². The summed E-state index contributed by atoms with van der Waals surface area (Å²) in [5, 5.41) is 3.32. The molecule has 1 N–H and O–H groups in total. The first-order chi connectivity index (χ1) is 9.74. The van der Waals surface area contributed by atoms with Gasteiger partial charge in [-0.15, -0.1) is 0 Å². The lowest BCUT2D eigenvalue weighted by Crippen LogP contribution is -2.24. The molecule has 5 heteroatoms. The standard InChI is InChI=1S/C15H24FNO3/c1-13(14-3-5-15(16)6-4-14)17-7-8-19-11-12-20-10-9-18-2/h3-6,13,17H,7-12H2,1-2H3/t13-/m1/s1. The molecular formula is C15H24FNO3. The molecular weight excluding hydrogens is 261 g/mol. The summed E-state index contributed by atoms with van der Waals surface area (Å²) >= 11 is 0. The second-order valence-electron chi connectivity index (χ2n) is 4.44. The molecule has 0 fully saturated rings. The van der Waals surface area contributed by atoms with E-state index in [0.717, 1.165) is 12.1 Å². The number of ether oxygens (including phenoxy) is 3. The zero-order chi connectivity index (χ0) is 14.6. The Balaban J connectivity index is 1.99. The maximum atomic E-state index is 12.8. The van der Waals surface area contributed by atoms with Crippen LogP contribution in [0.3, 0.4) is 0 Å². The summed E-state index contributed by atoms with van der Waals surface area (Å²) in [6, 6.07) is 6.70. The fraction of sp³-hybridized carbons (Fsp3) is 0.600. The molecule has 0 bridgehead atoms. The van der Waals surface area contributed by atoms with E-state index in [0.29, 0.717) is 33.0 Å². The van der Waals surface area contributed by atoms with Crippen LogP contribution in [0.4, 0.5) is 4.39 Å². The van der Waals surface area contributed by atoms with Crippen molar-refractivity contribution in [3.8, 4) is 0 Å². The van der Waals surface area contributed by atoms with Crippen LogP contribution in [0, 0.1) is 5.82 Å². The highest BCUT2D eigenvalue weighted by molar-refractivity contribution is 5.19. The Labute approximate surface area is 120 Å². The quantitative estimate of drug-likeness (QED) is 0.632. The van der Waals surface area contributed by atoms with Gasteiger partial charge in [0.1, 0.15) is 5.82 Å². The van der Waals surface area contributed by atoms with E-state index < -0.39 is 0 Å². The highest BCUT2D eigenvalue weighted by Gasteiger charge is 2.03. The van der Waals surface area contributed by atoms with Gasteiger partial charge in [0.15, 0.2) is 0 Å². The lowest BCUT2D eigenvalue weighted by molar-refractivity contribution is 0.0253. The molecule has 4 nitrogen and oxygen atoms in total. The number of rotatable bonds is 11. The predicted octanol–water partition coefficient (Wildman–Crippen LogP) is 2.16. The maximum Gasteiger partial charge on any atom is 0.123 e. The zero-order valence-corrected chi connectivity index (χ0v) is 12.2. The van der Waals surface area contributed by atoms with Crippen LogP contribution in [0.5, 0.6) is 0 Å². The minimum absolute atomic E-state index is 0.178. The molecule has 0 saturated heterocycles. The monoisotopic (exact) mass is 285 g/mol. The summed E-state index contributed by atoms with van der Waals surface area (Å²) in [4.78, 5) is 0. The van der Waals surface area contributed by atoms with Gasteiger partial charge in [0, 0.05) is 19.7 Å². The van der Waals surface area contributed by atoms with E-state index in [2.05, 4.69) is 5.32 Å². The summed E-state index contributed by atoms with van der Waals surface area (Å²) in [5.74, 6) is -0.210. The molecule has 0 aliphatic carbocycles. The van der Waals surface area contributed by atoms with Crippen molar-refractivity contribution in [1.82, 2.24) is 5.32 Å². The van der Waals surface area contributed by atoms with Gasteiger partial charge in [-0.1, -0.05) is 12.1 Å². The number of nitrogens with one attached hydrogen (secondary N) is 1. The Morgan fingerprint density at radius 3 is 2.25 bits per heavy atom. The fourth-order valence-electron chi connectivity index (χ4n) is 1.68. The molecule has 1 aromatic carbocycles. The molecule has 0 amide bonds. The number of hydrogen-bond donors (Lipinski definition) is 1. The molecule has 1 rings (SSSR count). The number of benzene rings is 1. The molecule has 0 aliphatic heterocycles. The molecule has 114 valence electrons. The summed E-state index contributed by atoms with van der Waals surface area (Å²) < 4.78 is 28.4. The van der Waals surface area contributed by atoms with Gasteiger partial charge in [0.05, 0.1) is 33.0 Å². The van der Waals surface area contributed by atoms with E-state index in [9.17, 15) is 4.39 Å². The third-order valence-corrected chi connectivity index (χ3v) is 2.87. The van der Waals surface area contributed by atoms with E-state index in [4.69, 9.17) is 14.2 Å². The van der Waals surface area contributed by atoms with Crippen molar-refractivity contribution in [2.75, 3.05) is 46.7 Å². The van der Waals surface area contributed by atoms with Gasteiger partial charge in [0.2, 0.25) is 0 Å². The van der Waals surface area contributed by atoms with Crippen molar-refractivity contribution in [2.45, 2.75) is 13.0 Å².